The van der Waals surface area contributed by atoms with Crippen molar-refractivity contribution in [2.24, 2.45) is 0 Å². The lowest BCUT2D eigenvalue weighted by molar-refractivity contribution is 0.0691. The molecule has 0 aliphatic carbocycles. The van der Waals surface area contributed by atoms with E-state index in [0.717, 1.165) is 10.0 Å². The fourth-order valence-corrected chi connectivity index (χ4v) is 2.74. The number of aromatic nitrogens is 2. The quantitative estimate of drug-likeness (QED) is 0.679. The number of aromatic carboxylic acids is 1. The number of hydrogen-bond donors (Lipinski definition) is 2. The number of aromatic amines is 1. The number of halogens is 1. The van der Waals surface area contributed by atoms with Gasteiger partial charge in [0.2, 0.25) is 0 Å². The van der Waals surface area contributed by atoms with Crippen molar-refractivity contribution in [3.8, 4) is 11.3 Å². The molecule has 1 aromatic carbocycles. The number of carboxylic acids is 1. The summed E-state index contributed by atoms with van der Waals surface area (Å²) in [4.78, 5) is 26.2. The number of nitrogens with zero attached hydrogens (tertiary/aromatic N) is 1. The highest BCUT2D eigenvalue weighted by Crippen LogP contribution is 2.32. The molecule has 0 saturated carbocycles. The number of rotatable bonds is 4. The number of carboxylic acid groups (broad SMARTS) is 1. The Labute approximate surface area is 139 Å². The zero-order chi connectivity index (χ0) is 16.6. The molecular formula is C16H11BrN2O4. The highest BCUT2D eigenvalue weighted by Gasteiger charge is 2.25. The molecule has 2 heterocycles. The normalized spacial score (nSPS) is 10.7. The van der Waals surface area contributed by atoms with Gasteiger partial charge in [0.05, 0.1) is 5.56 Å². The van der Waals surface area contributed by atoms with Gasteiger partial charge in [0.1, 0.15) is 17.1 Å². The third-order valence-electron chi connectivity index (χ3n) is 3.39. The number of carbonyl (C=O) groups is 2. The molecular weight excluding hydrogens is 364 g/mol. The first kappa shape index (κ1) is 15.2. The summed E-state index contributed by atoms with van der Waals surface area (Å²) in [5, 5.41) is 12.9. The Morgan fingerprint density at radius 1 is 1.30 bits per heavy atom. The number of aryl methyl sites for hydroxylation is 1. The molecule has 0 amide bonds. The van der Waals surface area contributed by atoms with Gasteiger partial charge in [-0.05, 0) is 19.1 Å². The molecule has 0 unspecified atom stereocenters. The van der Waals surface area contributed by atoms with Gasteiger partial charge in [-0.15, -0.1) is 0 Å². The zero-order valence-corrected chi connectivity index (χ0v) is 13.5. The maximum absolute atomic E-state index is 12.7. The van der Waals surface area contributed by atoms with Gasteiger partial charge < -0.3 is 14.6 Å². The standard InChI is InChI=1S/C16H11BrN2O4/c1-8-13(15(20)9-6-12(16(21)22)18-7-9)14(19-23-8)10-4-2-3-5-11(10)17/h2-7,18H,1H3,(H,21,22). The second-order valence-electron chi connectivity index (χ2n) is 4.88. The number of hydrogen-bond acceptors (Lipinski definition) is 4. The van der Waals surface area contributed by atoms with Gasteiger partial charge in [-0.2, -0.15) is 0 Å². The fraction of sp³-hybridized carbons (Fsp3) is 0.0625. The van der Waals surface area contributed by atoms with Crippen molar-refractivity contribution in [1.82, 2.24) is 10.1 Å². The Morgan fingerprint density at radius 3 is 2.70 bits per heavy atom. The Hall–Kier alpha value is -2.67. The Kier molecular flexibility index (Phi) is 3.87. The van der Waals surface area contributed by atoms with Gasteiger partial charge in [-0.3, -0.25) is 4.79 Å². The molecule has 6 nitrogen and oxygen atoms in total. The van der Waals surface area contributed by atoms with Crippen molar-refractivity contribution in [1.29, 1.82) is 0 Å². The molecule has 0 fully saturated rings. The maximum Gasteiger partial charge on any atom is 0.352 e. The minimum absolute atomic E-state index is 0.0510. The fourth-order valence-electron chi connectivity index (χ4n) is 2.27. The van der Waals surface area contributed by atoms with Crippen LogP contribution in [0.5, 0.6) is 0 Å². The Balaban J connectivity index is 2.09. The smallest absolute Gasteiger partial charge is 0.352 e. The van der Waals surface area contributed by atoms with Gasteiger partial charge in [-0.1, -0.05) is 39.3 Å². The van der Waals surface area contributed by atoms with Crippen LogP contribution >= 0.6 is 15.9 Å². The third kappa shape index (κ3) is 2.70. The molecule has 3 rings (SSSR count). The van der Waals surface area contributed by atoms with Gasteiger partial charge in [0.15, 0.2) is 5.78 Å². The van der Waals surface area contributed by atoms with Crippen molar-refractivity contribution in [3.05, 3.63) is 63.6 Å². The first-order chi connectivity index (χ1) is 11.0. The lowest BCUT2D eigenvalue weighted by Crippen LogP contribution is -2.03. The van der Waals surface area contributed by atoms with E-state index in [4.69, 9.17) is 9.63 Å². The molecule has 7 heteroatoms. The SMILES string of the molecule is Cc1onc(-c2ccccc2Br)c1C(=O)c1c[nH]c(C(=O)O)c1. The van der Waals surface area contributed by atoms with Crippen LogP contribution in [0.2, 0.25) is 0 Å². The summed E-state index contributed by atoms with van der Waals surface area (Å²) in [6, 6.07) is 8.63. The minimum atomic E-state index is -1.13. The monoisotopic (exact) mass is 374 g/mol. The van der Waals surface area contributed by atoms with Crippen LogP contribution < -0.4 is 0 Å². The summed E-state index contributed by atoms with van der Waals surface area (Å²) in [6.07, 6.45) is 1.36. The summed E-state index contributed by atoms with van der Waals surface area (Å²) in [6.45, 7) is 1.64. The van der Waals surface area contributed by atoms with E-state index in [1.165, 1.54) is 12.3 Å². The van der Waals surface area contributed by atoms with Crippen LogP contribution in [0, 0.1) is 6.92 Å². The van der Waals surface area contributed by atoms with Crippen LogP contribution in [0.4, 0.5) is 0 Å². The van der Waals surface area contributed by atoms with Crippen LogP contribution in [0.1, 0.15) is 32.2 Å². The van der Waals surface area contributed by atoms with Gasteiger partial charge >= 0.3 is 5.97 Å². The highest BCUT2D eigenvalue weighted by molar-refractivity contribution is 9.10. The first-order valence-electron chi connectivity index (χ1n) is 6.66. The Bertz CT molecular complexity index is 910. The summed E-state index contributed by atoms with van der Waals surface area (Å²) in [5.74, 6) is -1.10. The highest BCUT2D eigenvalue weighted by atomic mass is 79.9. The summed E-state index contributed by atoms with van der Waals surface area (Å²) in [5.41, 5.74) is 1.64. The van der Waals surface area contributed by atoms with E-state index in [0.29, 0.717) is 17.0 Å². The van der Waals surface area contributed by atoms with E-state index in [-0.39, 0.29) is 17.0 Å². The van der Waals surface area contributed by atoms with E-state index in [9.17, 15) is 9.59 Å². The summed E-state index contributed by atoms with van der Waals surface area (Å²) < 4.78 is 5.96. The molecule has 0 atom stereocenters. The van der Waals surface area contributed by atoms with E-state index in [2.05, 4.69) is 26.1 Å². The lowest BCUT2D eigenvalue weighted by Gasteiger charge is -2.03. The predicted molar refractivity (Wildman–Crippen MR) is 85.6 cm³/mol. The largest absolute Gasteiger partial charge is 0.477 e. The van der Waals surface area contributed by atoms with Crippen LogP contribution in [-0.2, 0) is 0 Å². The molecule has 23 heavy (non-hydrogen) atoms. The number of carbonyl (C=O) groups excluding carboxylic acids is 1. The average Bonchev–Trinajstić information content (AvgIpc) is 3.14. The van der Waals surface area contributed by atoms with Crippen molar-refractivity contribution >= 4 is 27.7 Å². The van der Waals surface area contributed by atoms with E-state index < -0.39 is 5.97 Å². The molecule has 0 radical (unpaired) electrons. The van der Waals surface area contributed by atoms with E-state index in [1.807, 2.05) is 24.3 Å². The first-order valence-corrected chi connectivity index (χ1v) is 7.46. The minimum Gasteiger partial charge on any atom is -0.477 e. The molecule has 0 aliphatic heterocycles. The third-order valence-corrected chi connectivity index (χ3v) is 4.09. The van der Waals surface area contributed by atoms with Crippen LogP contribution in [-0.4, -0.2) is 27.0 Å². The predicted octanol–water partition coefficient (Wildman–Crippen LogP) is 3.67. The number of nitrogens with one attached hydrogen (secondary N) is 1. The maximum atomic E-state index is 12.7. The van der Waals surface area contributed by atoms with Gasteiger partial charge in [0.25, 0.3) is 0 Å². The average molecular weight is 375 g/mol. The molecule has 2 N–H and O–H groups in total. The lowest BCUT2D eigenvalue weighted by atomic mass is 9.99. The summed E-state index contributed by atoms with van der Waals surface area (Å²) >= 11 is 3.43. The molecule has 0 spiro atoms. The number of H-pyrrole nitrogens is 1. The van der Waals surface area contributed by atoms with Crippen LogP contribution in [0.3, 0.4) is 0 Å². The van der Waals surface area contributed by atoms with Crippen molar-refractivity contribution in [2.75, 3.05) is 0 Å². The second-order valence-corrected chi connectivity index (χ2v) is 5.73. The topological polar surface area (TPSA) is 96.2 Å². The van der Waals surface area contributed by atoms with Crippen molar-refractivity contribution in [3.63, 3.8) is 0 Å². The van der Waals surface area contributed by atoms with E-state index in [1.54, 1.807) is 6.92 Å². The van der Waals surface area contributed by atoms with E-state index >= 15 is 0 Å². The molecule has 3 aromatic rings. The molecule has 2 aromatic heterocycles. The van der Waals surface area contributed by atoms with Gasteiger partial charge in [-0.25, -0.2) is 4.79 Å². The van der Waals surface area contributed by atoms with Gasteiger partial charge in [0, 0.05) is 21.8 Å². The molecule has 0 aliphatic rings. The van der Waals surface area contributed by atoms with Crippen LogP contribution in [0.25, 0.3) is 11.3 Å². The van der Waals surface area contributed by atoms with Crippen molar-refractivity contribution in [2.45, 2.75) is 6.92 Å². The number of ketones is 1. The zero-order valence-electron chi connectivity index (χ0n) is 12.0. The van der Waals surface area contributed by atoms with Crippen LogP contribution in [0.15, 0.2) is 45.5 Å². The number of benzene rings is 1. The molecule has 0 bridgehead atoms. The molecule has 116 valence electrons. The Morgan fingerprint density at radius 2 is 2.04 bits per heavy atom. The molecule has 0 saturated heterocycles. The second kappa shape index (κ2) is 5.85. The summed E-state index contributed by atoms with van der Waals surface area (Å²) in [7, 11) is 0. The van der Waals surface area contributed by atoms with Crippen molar-refractivity contribution < 1.29 is 19.2 Å².